The zero-order valence-electron chi connectivity index (χ0n) is 23.6. The van der Waals surface area contributed by atoms with Gasteiger partial charge in [0.15, 0.2) is 0 Å². The Hall–Kier alpha value is -3.14. The summed E-state index contributed by atoms with van der Waals surface area (Å²) in [5.41, 5.74) is 17.6. The predicted molar refractivity (Wildman–Crippen MR) is 151 cm³/mol. The highest BCUT2D eigenvalue weighted by Gasteiger charge is 2.36. The van der Waals surface area contributed by atoms with Gasteiger partial charge in [-0.2, -0.15) is 0 Å². The molecule has 2 heterocycles. The monoisotopic (exact) mass is 537 g/mol. The van der Waals surface area contributed by atoms with Gasteiger partial charge < -0.3 is 26.4 Å². The normalized spacial score (nSPS) is 21.2. The number of nitrogens with one attached hydrogen (secondary N) is 1. The smallest absolute Gasteiger partial charge is 0.221 e. The second-order valence-corrected chi connectivity index (χ2v) is 10.9. The molecule has 39 heavy (non-hydrogen) atoms. The number of rotatable bonds is 10. The maximum atomic E-state index is 15.0. The number of nitrogens with zero attached hydrogens (tertiary/aromatic N) is 2. The highest BCUT2D eigenvalue weighted by molar-refractivity contribution is 5.92. The lowest BCUT2D eigenvalue weighted by molar-refractivity contribution is -0.122. The third kappa shape index (κ3) is 5.48. The van der Waals surface area contributed by atoms with Gasteiger partial charge in [0.25, 0.3) is 0 Å². The summed E-state index contributed by atoms with van der Waals surface area (Å²) in [6.45, 7) is 9.75. The van der Waals surface area contributed by atoms with Crippen LogP contribution in [0, 0.1) is 19.7 Å². The lowest BCUT2D eigenvalue weighted by Gasteiger charge is -2.30. The van der Waals surface area contributed by atoms with E-state index in [0.717, 1.165) is 40.5 Å². The largest absolute Gasteiger partial charge is 0.397 e. The lowest BCUT2D eigenvalue weighted by Crippen LogP contribution is -2.35. The molecule has 2 aliphatic rings. The van der Waals surface area contributed by atoms with Gasteiger partial charge in [-0.1, -0.05) is 6.92 Å². The van der Waals surface area contributed by atoms with Crippen LogP contribution in [0.25, 0.3) is 16.6 Å². The van der Waals surface area contributed by atoms with E-state index >= 15 is 0 Å². The Morgan fingerprint density at radius 2 is 2.08 bits per heavy atom. The minimum Gasteiger partial charge on any atom is -0.397 e. The molecule has 1 amide bonds. The molecule has 1 aliphatic carbocycles. The SMILES string of the molecule is CCC1(C)OCC(C=O)=C1/C=C(\N)c1nc2cc(F)c(C)c3c2c(c1C)[C@@H](NC(=O)CCN(C)CCN)CC3. The van der Waals surface area contributed by atoms with Crippen LogP contribution in [-0.4, -0.2) is 61.0 Å². The summed E-state index contributed by atoms with van der Waals surface area (Å²) >= 11 is 0. The van der Waals surface area contributed by atoms with E-state index in [1.54, 1.807) is 13.0 Å². The Morgan fingerprint density at radius 1 is 1.33 bits per heavy atom. The zero-order valence-corrected chi connectivity index (χ0v) is 23.6. The molecule has 0 bridgehead atoms. The van der Waals surface area contributed by atoms with Crippen LogP contribution in [0.4, 0.5) is 4.39 Å². The number of carbonyl (C=O) groups excluding carboxylic acids is 2. The van der Waals surface area contributed by atoms with E-state index in [1.807, 2.05) is 32.7 Å². The van der Waals surface area contributed by atoms with E-state index in [-0.39, 0.29) is 24.4 Å². The van der Waals surface area contributed by atoms with Crippen molar-refractivity contribution in [1.82, 2.24) is 15.2 Å². The van der Waals surface area contributed by atoms with E-state index in [0.29, 0.717) is 66.8 Å². The van der Waals surface area contributed by atoms with Crippen LogP contribution >= 0.6 is 0 Å². The van der Waals surface area contributed by atoms with E-state index in [9.17, 15) is 14.0 Å². The Labute approximate surface area is 229 Å². The number of aldehydes is 1. The van der Waals surface area contributed by atoms with Crippen molar-refractivity contribution in [2.24, 2.45) is 11.5 Å². The molecule has 1 aromatic heterocycles. The summed E-state index contributed by atoms with van der Waals surface area (Å²) in [6.07, 6.45) is 4.88. The number of pyridine rings is 1. The summed E-state index contributed by atoms with van der Waals surface area (Å²) in [4.78, 5) is 31.6. The number of ether oxygens (including phenoxy) is 1. The molecule has 0 fully saturated rings. The molecule has 0 radical (unpaired) electrons. The number of hydrogen-bond donors (Lipinski definition) is 3. The molecule has 210 valence electrons. The van der Waals surface area contributed by atoms with Crippen molar-refractivity contribution in [3.05, 3.63) is 57.1 Å². The standard InChI is InChI=1S/C30H40FN5O3/c1-6-30(4)21(19(15-37)16-39-30)13-23(33)29-18(3)27-24(34-26(38)9-11-36(5)12-10-32)8-7-20-17(2)22(31)14-25(35-29)28(20)27/h13-15,24H,6-12,16,32-33H2,1-5H3,(H,34,38)/b23-13-/t24-,30?/m0/s1. The quantitative estimate of drug-likeness (QED) is 0.397. The van der Waals surface area contributed by atoms with Crippen LogP contribution in [0.5, 0.6) is 0 Å². The van der Waals surface area contributed by atoms with Crippen LogP contribution in [0.1, 0.15) is 67.1 Å². The first-order valence-electron chi connectivity index (χ1n) is 13.6. The van der Waals surface area contributed by atoms with Gasteiger partial charge in [-0.15, -0.1) is 0 Å². The summed E-state index contributed by atoms with van der Waals surface area (Å²) < 4.78 is 20.9. The number of halogens is 1. The average molecular weight is 538 g/mol. The number of hydrogen-bond acceptors (Lipinski definition) is 7. The molecule has 2 atom stereocenters. The number of aryl methyl sites for hydroxylation is 1. The van der Waals surface area contributed by atoms with E-state index in [4.69, 9.17) is 21.2 Å². The summed E-state index contributed by atoms with van der Waals surface area (Å²) in [6, 6.07) is 1.19. The Kier molecular flexibility index (Phi) is 8.54. The van der Waals surface area contributed by atoms with Crippen LogP contribution < -0.4 is 16.8 Å². The zero-order chi connectivity index (χ0) is 28.5. The van der Waals surface area contributed by atoms with Crippen molar-refractivity contribution < 1.29 is 18.7 Å². The first kappa shape index (κ1) is 28.9. The lowest BCUT2D eigenvalue weighted by atomic mass is 9.81. The second kappa shape index (κ2) is 11.5. The van der Waals surface area contributed by atoms with Crippen molar-refractivity contribution in [2.45, 2.75) is 65.0 Å². The Balaban J connectivity index is 1.80. The highest BCUT2D eigenvalue weighted by Crippen LogP contribution is 2.42. The first-order chi connectivity index (χ1) is 18.5. The maximum absolute atomic E-state index is 15.0. The second-order valence-electron chi connectivity index (χ2n) is 10.9. The van der Waals surface area contributed by atoms with Crippen molar-refractivity contribution in [3.8, 4) is 0 Å². The van der Waals surface area contributed by atoms with Gasteiger partial charge in [0.05, 0.1) is 35.2 Å². The van der Waals surface area contributed by atoms with E-state index in [1.165, 1.54) is 6.07 Å². The molecule has 9 heteroatoms. The van der Waals surface area contributed by atoms with Gasteiger partial charge >= 0.3 is 0 Å². The molecule has 1 unspecified atom stereocenters. The van der Waals surface area contributed by atoms with Gasteiger partial charge in [0, 0.05) is 43.1 Å². The third-order valence-corrected chi connectivity index (χ3v) is 8.34. The maximum Gasteiger partial charge on any atom is 0.221 e. The molecule has 1 aliphatic heterocycles. The molecular formula is C30H40FN5O3. The molecular weight excluding hydrogens is 497 g/mol. The number of benzene rings is 1. The number of carbonyl (C=O) groups is 2. The van der Waals surface area contributed by atoms with Crippen LogP contribution in [0.15, 0.2) is 23.3 Å². The fourth-order valence-corrected chi connectivity index (χ4v) is 5.78. The molecule has 5 N–H and O–H groups in total. The van der Waals surface area contributed by atoms with Gasteiger partial charge in [0.2, 0.25) is 5.91 Å². The molecule has 0 saturated carbocycles. The number of likely N-dealkylation sites (N-methyl/N-ethyl adjacent to an activating group) is 1. The third-order valence-electron chi connectivity index (χ3n) is 8.34. The summed E-state index contributed by atoms with van der Waals surface area (Å²) in [7, 11) is 1.94. The molecule has 1 aromatic carbocycles. The Bertz CT molecular complexity index is 1370. The van der Waals surface area contributed by atoms with E-state index in [2.05, 4.69) is 5.32 Å². The first-order valence-corrected chi connectivity index (χ1v) is 13.6. The Morgan fingerprint density at radius 3 is 2.74 bits per heavy atom. The summed E-state index contributed by atoms with van der Waals surface area (Å²) in [5.74, 6) is -0.365. The molecule has 2 aromatic rings. The fraction of sp³-hybridized carbons (Fsp3) is 0.500. The molecule has 4 rings (SSSR count). The molecule has 0 spiro atoms. The molecule has 8 nitrogen and oxygen atoms in total. The van der Waals surface area contributed by atoms with Crippen LogP contribution in [0.3, 0.4) is 0 Å². The van der Waals surface area contributed by atoms with Crippen LogP contribution in [0.2, 0.25) is 0 Å². The number of aromatic nitrogens is 1. The minimum absolute atomic E-state index is 0.0526. The van der Waals surface area contributed by atoms with Gasteiger partial charge in [-0.3, -0.25) is 9.59 Å². The molecule has 0 saturated heterocycles. The van der Waals surface area contributed by atoms with Crippen LogP contribution in [-0.2, 0) is 20.7 Å². The topological polar surface area (TPSA) is 124 Å². The van der Waals surface area contributed by atoms with Crippen molar-refractivity contribution in [1.29, 1.82) is 0 Å². The van der Waals surface area contributed by atoms with Crippen molar-refractivity contribution in [2.75, 3.05) is 33.3 Å². The van der Waals surface area contributed by atoms with Crippen molar-refractivity contribution >= 4 is 28.8 Å². The fourth-order valence-electron chi connectivity index (χ4n) is 5.78. The summed E-state index contributed by atoms with van der Waals surface area (Å²) in [5, 5.41) is 4.10. The minimum atomic E-state index is -0.635. The van der Waals surface area contributed by atoms with E-state index < -0.39 is 5.60 Å². The highest BCUT2D eigenvalue weighted by atomic mass is 19.1. The number of amides is 1. The predicted octanol–water partition coefficient (Wildman–Crippen LogP) is 3.37. The number of nitrogens with two attached hydrogens (primary N) is 2. The average Bonchev–Trinajstić information content (AvgIpc) is 3.23. The van der Waals surface area contributed by atoms with Crippen molar-refractivity contribution in [3.63, 3.8) is 0 Å². The van der Waals surface area contributed by atoms with Gasteiger partial charge in [-0.05, 0) is 81.0 Å². The van der Waals surface area contributed by atoms with Gasteiger partial charge in [0.1, 0.15) is 12.1 Å². The van der Waals surface area contributed by atoms with Gasteiger partial charge in [-0.25, -0.2) is 9.37 Å².